The summed E-state index contributed by atoms with van der Waals surface area (Å²) >= 11 is 0. The molecular formula is C14H21NO4S. The van der Waals surface area contributed by atoms with Gasteiger partial charge in [-0.1, -0.05) is 6.92 Å². The van der Waals surface area contributed by atoms with Gasteiger partial charge >= 0.3 is 0 Å². The SMILES string of the molecule is CCCOc1ccc(S(=O)(=O)NC2(CO)CCC2)cc1. The predicted molar refractivity (Wildman–Crippen MR) is 76.2 cm³/mol. The fraction of sp³-hybridized carbons (Fsp3) is 0.571. The first kappa shape index (κ1) is 15.3. The lowest BCUT2D eigenvalue weighted by molar-refractivity contribution is 0.110. The molecule has 1 fully saturated rings. The third-order valence-corrected chi connectivity index (χ3v) is 5.17. The molecule has 0 aliphatic heterocycles. The summed E-state index contributed by atoms with van der Waals surface area (Å²) in [4.78, 5) is 0.195. The zero-order valence-corrected chi connectivity index (χ0v) is 12.4. The van der Waals surface area contributed by atoms with Gasteiger partial charge < -0.3 is 9.84 Å². The Morgan fingerprint density at radius 1 is 1.30 bits per heavy atom. The van der Waals surface area contributed by atoms with Crippen molar-refractivity contribution in [2.75, 3.05) is 13.2 Å². The first-order chi connectivity index (χ1) is 9.51. The lowest BCUT2D eigenvalue weighted by atomic mass is 9.78. The van der Waals surface area contributed by atoms with E-state index in [0.717, 1.165) is 12.8 Å². The van der Waals surface area contributed by atoms with Crippen molar-refractivity contribution in [3.05, 3.63) is 24.3 Å². The maximum atomic E-state index is 12.3. The monoisotopic (exact) mass is 299 g/mol. The minimum absolute atomic E-state index is 0.163. The standard InChI is InChI=1S/C14H21NO4S/c1-2-10-19-12-4-6-13(7-5-12)20(17,18)15-14(11-16)8-3-9-14/h4-7,15-16H,2-3,8-11H2,1H3. The van der Waals surface area contributed by atoms with Crippen LogP contribution in [0.4, 0.5) is 0 Å². The van der Waals surface area contributed by atoms with Crippen molar-refractivity contribution in [3.63, 3.8) is 0 Å². The zero-order valence-electron chi connectivity index (χ0n) is 11.6. The van der Waals surface area contributed by atoms with E-state index in [-0.39, 0.29) is 11.5 Å². The van der Waals surface area contributed by atoms with E-state index in [0.29, 0.717) is 25.2 Å². The highest BCUT2D eigenvalue weighted by Gasteiger charge is 2.40. The lowest BCUT2D eigenvalue weighted by Crippen LogP contribution is -2.55. The molecule has 112 valence electrons. The average Bonchev–Trinajstić information content (AvgIpc) is 2.41. The van der Waals surface area contributed by atoms with Crippen LogP contribution in [0, 0.1) is 0 Å². The number of rotatable bonds is 7. The molecule has 0 amide bonds. The molecule has 6 heteroatoms. The van der Waals surface area contributed by atoms with E-state index in [9.17, 15) is 13.5 Å². The summed E-state index contributed by atoms with van der Waals surface area (Å²) in [5.41, 5.74) is -0.670. The molecule has 5 nitrogen and oxygen atoms in total. The van der Waals surface area contributed by atoms with Gasteiger partial charge in [0.25, 0.3) is 0 Å². The van der Waals surface area contributed by atoms with E-state index in [2.05, 4.69) is 4.72 Å². The molecule has 2 rings (SSSR count). The first-order valence-electron chi connectivity index (χ1n) is 6.89. The van der Waals surface area contributed by atoms with Crippen LogP contribution < -0.4 is 9.46 Å². The average molecular weight is 299 g/mol. The molecule has 0 bridgehead atoms. The van der Waals surface area contributed by atoms with Crippen molar-refractivity contribution < 1.29 is 18.3 Å². The smallest absolute Gasteiger partial charge is 0.241 e. The summed E-state index contributed by atoms with van der Waals surface area (Å²) in [5.74, 6) is 0.659. The minimum Gasteiger partial charge on any atom is -0.494 e. The summed E-state index contributed by atoms with van der Waals surface area (Å²) in [7, 11) is -3.59. The van der Waals surface area contributed by atoms with Crippen LogP contribution in [0.3, 0.4) is 0 Å². The van der Waals surface area contributed by atoms with Crippen molar-refractivity contribution in [2.45, 2.75) is 43.0 Å². The molecule has 0 atom stereocenters. The largest absolute Gasteiger partial charge is 0.494 e. The van der Waals surface area contributed by atoms with Crippen molar-refractivity contribution in [1.29, 1.82) is 0 Å². The summed E-state index contributed by atoms with van der Waals surface area (Å²) in [5, 5.41) is 9.34. The van der Waals surface area contributed by atoms with E-state index in [1.165, 1.54) is 12.1 Å². The minimum atomic E-state index is -3.59. The van der Waals surface area contributed by atoms with Crippen molar-refractivity contribution in [2.24, 2.45) is 0 Å². The normalized spacial score (nSPS) is 17.5. The van der Waals surface area contributed by atoms with Gasteiger partial charge in [-0.15, -0.1) is 0 Å². The fourth-order valence-corrected chi connectivity index (χ4v) is 3.63. The highest BCUT2D eigenvalue weighted by Crippen LogP contribution is 2.33. The Bertz CT molecular complexity index is 529. The van der Waals surface area contributed by atoms with E-state index < -0.39 is 15.6 Å². The van der Waals surface area contributed by atoms with Gasteiger partial charge in [0.2, 0.25) is 10.0 Å². The van der Waals surface area contributed by atoms with Gasteiger partial charge in [0.15, 0.2) is 0 Å². The van der Waals surface area contributed by atoms with Crippen LogP contribution in [0.25, 0.3) is 0 Å². The van der Waals surface area contributed by atoms with E-state index in [4.69, 9.17) is 4.74 Å². The molecule has 1 aliphatic carbocycles. The van der Waals surface area contributed by atoms with Gasteiger partial charge in [0, 0.05) is 0 Å². The van der Waals surface area contributed by atoms with Crippen LogP contribution in [0.15, 0.2) is 29.2 Å². The van der Waals surface area contributed by atoms with Crippen molar-refractivity contribution in [1.82, 2.24) is 4.72 Å². The second-order valence-electron chi connectivity index (χ2n) is 5.22. The molecule has 1 saturated carbocycles. The van der Waals surface area contributed by atoms with E-state index in [1.807, 2.05) is 6.92 Å². The van der Waals surface area contributed by atoms with Crippen LogP contribution >= 0.6 is 0 Å². The Morgan fingerprint density at radius 2 is 1.95 bits per heavy atom. The molecule has 0 radical (unpaired) electrons. The lowest BCUT2D eigenvalue weighted by Gasteiger charge is -2.40. The van der Waals surface area contributed by atoms with Gasteiger partial charge in [-0.05, 0) is 49.9 Å². The second kappa shape index (κ2) is 6.11. The molecule has 0 spiro atoms. The molecule has 0 aromatic heterocycles. The molecule has 1 aromatic rings. The topological polar surface area (TPSA) is 75.6 Å². The fourth-order valence-electron chi connectivity index (χ4n) is 2.17. The summed E-state index contributed by atoms with van der Waals surface area (Å²) in [6.07, 6.45) is 3.20. The van der Waals surface area contributed by atoms with Gasteiger partial charge in [-0.2, -0.15) is 0 Å². The third-order valence-electron chi connectivity index (χ3n) is 3.57. The number of hydrogen-bond donors (Lipinski definition) is 2. The second-order valence-corrected chi connectivity index (χ2v) is 6.90. The molecule has 1 aliphatic rings. The Hall–Kier alpha value is -1.11. The van der Waals surface area contributed by atoms with E-state index in [1.54, 1.807) is 12.1 Å². The van der Waals surface area contributed by atoms with Gasteiger partial charge in [-0.25, -0.2) is 13.1 Å². The van der Waals surface area contributed by atoms with Crippen molar-refractivity contribution >= 4 is 10.0 Å². The van der Waals surface area contributed by atoms with Crippen molar-refractivity contribution in [3.8, 4) is 5.75 Å². The molecule has 1 aromatic carbocycles. The van der Waals surface area contributed by atoms with Crippen LogP contribution in [0.2, 0.25) is 0 Å². The van der Waals surface area contributed by atoms with Gasteiger partial charge in [-0.3, -0.25) is 0 Å². The number of benzene rings is 1. The molecule has 0 unspecified atom stereocenters. The highest BCUT2D eigenvalue weighted by atomic mass is 32.2. The Balaban J connectivity index is 2.09. The molecule has 2 N–H and O–H groups in total. The number of ether oxygens (including phenoxy) is 1. The van der Waals surface area contributed by atoms with Crippen LogP contribution in [0.1, 0.15) is 32.6 Å². The quantitative estimate of drug-likeness (QED) is 0.803. The van der Waals surface area contributed by atoms with Gasteiger partial charge in [0.1, 0.15) is 5.75 Å². The van der Waals surface area contributed by atoms with Gasteiger partial charge in [0.05, 0.1) is 23.6 Å². The maximum absolute atomic E-state index is 12.3. The summed E-state index contributed by atoms with van der Waals surface area (Å²) < 4.78 is 32.6. The van der Waals surface area contributed by atoms with Crippen LogP contribution in [0.5, 0.6) is 5.75 Å². The molecule has 0 saturated heterocycles. The Kier molecular flexibility index (Phi) is 4.67. The molecule has 0 heterocycles. The zero-order chi connectivity index (χ0) is 14.6. The highest BCUT2D eigenvalue weighted by molar-refractivity contribution is 7.89. The number of hydrogen-bond acceptors (Lipinski definition) is 4. The first-order valence-corrected chi connectivity index (χ1v) is 8.37. The van der Waals surface area contributed by atoms with Crippen LogP contribution in [-0.4, -0.2) is 32.3 Å². The number of sulfonamides is 1. The predicted octanol–water partition coefficient (Wildman–Crippen LogP) is 1.67. The molecular weight excluding hydrogens is 278 g/mol. The van der Waals surface area contributed by atoms with E-state index >= 15 is 0 Å². The Morgan fingerprint density at radius 3 is 2.40 bits per heavy atom. The summed E-state index contributed by atoms with van der Waals surface area (Å²) in [6.45, 7) is 2.46. The molecule has 20 heavy (non-hydrogen) atoms. The Labute approximate surface area is 120 Å². The summed E-state index contributed by atoms with van der Waals surface area (Å²) in [6, 6.07) is 6.35. The maximum Gasteiger partial charge on any atom is 0.241 e. The number of aliphatic hydroxyl groups excluding tert-OH is 1. The third kappa shape index (κ3) is 3.31. The van der Waals surface area contributed by atoms with Crippen LogP contribution in [-0.2, 0) is 10.0 Å². The number of aliphatic hydroxyl groups is 1. The number of nitrogens with one attached hydrogen (secondary N) is 1.